The van der Waals surface area contributed by atoms with E-state index in [1.54, 1.807) is 6.20 Å². The fraction of sp³-hybridized carbons (Fsp3) is 0.667. The molecule has 0 saturated carbocycles. The van der Waals surface area contributed by atoms with Gasteiger partial charge in [0.15, 0.2) is 5.01 Å². The first-order chi connectivity index (χ1) is 8.65. The number of carbonyl (C=O) groups is 1. The highest BCUT2D eigenvalue weighted by Gasteiger charge is 2.14. The Balaban J connectivity index is 1.67. The summed E-state index contributed by atoms with van der Waals surface area (Å²) in [5, 5.41) is 3.49. The summed E-state index contributed by atoms with van der Waals surface area (Å²) >= 11 is 1.44. The monoisotopic (exact) mass is 268 g/mol. The third kappa shape index (κ3) is 3.76. The van der Waals surface area contributed by atoms with Gasteiger partial charge in [0.25, 0.3) is 5.91 Å². The minimum Gasteiger partial charge on any atom is -0.349 e. The van der Waals surface area contributed by atoms with E-state index in [2.05, 4.69) is 27.1 Å². The Labute approximate surface area is 112 Å². The largest absolute Gasteiger partial charge is 0.349 e. The van der Waals surface area contributed by atoms with Crippen molar-refractivity contribution in [3.8, 4) is 0 Å². The fourth-order valence-corrected chi connectivity index (χ4v) is 2.62. The predicted octanol–water partition coefficient (Wildman–Crippen LogP) is 0.429. The van der Waals surface area contributed by atoms with Gasteiger partial charge in [-0.1, -0.05) is 0 Å². The van der Waals surface area contributed by atoms with Gasteiger partial charge in [0.2, 0.25) is 0 Å². The van der Waals surface area contributed by atoms with Crippen LogP contribution < -0.4 is 5.32 Å². The lowest BCUT2D eigenvalue weighted by Gasteiger charge is -2.32. The summed E-state index contributed by atoms with van der Waals surface area (Å²) in [7, 11) is 2.14. The number of hydrogen-bond acceptors (Lipinski definition) is 5. The van der Waals surface area contributed by atoms with Gasteiger partial charge in [-0.15, -0.1) is 11.3 Å². The molecule has 1 aliphatic rings. The zero-order valence-corrected chi connectivity index (χ0v) is 11.8. The molecule has 100 valence electrons. The highest BCUT2D eigenvalue weighted by molar-refractivity contribution is 7.13. The Bertz CT molecular complexity index is 399. The fourth-order valence-electron chi connectivity index (χ4n) is 1.93. The van der Waals surface area contributed by atoms with E-state index in [9.17, 15) is 4.79 Å². The molecule has 1 aromatic heterocycles. The third-order valence-corrected chi connectivity index (χ3v) is 4.04. The molecule has 0 spiro atoms. The second-order valence-corrected chi connectivity index (χ2v) is 5.91. The van der Waals surface area contributed by atoms with Crippen molar-refractivity contribution in [1.29, 1.82) is 0 Å². The standard InChI is InChI=1S/C12H20N4OS/c1-10-9-14-12(18-10)11(17)13-3-4-16-7-5-15(2)6-8-16/h9H,3-8H2,1-2H3,(H,13,17). The second kappa shape index (κ2) is 6.26. The van der Waals surface area contributed by atoms with Crippen LogP contribution in [0.25, 0.3) is 0 Å². The van der Waals surface area contributed by atoms with Crippen molar-refractivity contribution < 1.29 is 4.79 Å². The van der Waals surface area contributed by atoms with Crippen LogP contribution in [0.2, 0.25) is 0 Å². The topological polar surface area (TPSA) is 48.5 Å². The first kappa shape index (κ1) is 13.5. The van der Waals surface area contributed by atoms with Gasteiger partial charge in [-0.3, -0.25) is 9.69 Å². The lowest BCUT2D eigenvalue weighted by molar-refractivity contribution is 0.0940. The van der Waals surface area contributed by atoms with Crippen molar-refractivity contribution in [1.82, 2.24) is 20.1 Å². The molecular weight excluding hydrogens is 248 g/mol. The van der Waals surface area contributed by atoms with Crippen LogP contribution >= 0.6 is 11.3 Å². The van der Waals surface area contributed by atoms with Gasteiger partial charge < -0.3 is 10.2 Å². The average molecular weight is 268 g/mol. The molecule has 2 rings (SSSR count). The first-order valence-corrected chi connectivity index (χ1v) is 7.08. The Kier molecular flexibility index (Phi) is 4.68. The lowest BCUT2D eigenvalue weighted by Crippen LogP contribution is -2.46. The molecule has 0 aromatic carbocycles. The maximum Gasteiger partial charge on any atom is 0.280 e. The van der Waals surface area contributed by atoms with Crippen LogP contribution in [-0.2, 0) is 0 Å². The SMILES string of the molecule is Cc1cnc(C(=O)NCCN2CCN(C)CC2)s1. The van der Waals surface area contributed by atoms with E-state index in [0.29, 0.717) is 11.6 Å². The summed E-state index contributed by atoms with van der Waals surface area (Å²) in [6.07, 6.45) is 1.74. The number of carbonyl (C=O) groups excluding carboxylic acids is 1. The molecule has 18 heavy (non-hydrogen) atoms. The average Bonchev–Trinajstić information content (AvgIpc) is 2.78. The summed E-state index contributed by atoms with van der Waals surface area (Å²) in [5.74, 6) is -0.0535. The van der Waals surface area contributed by atoms with Crippen LogP contribution in [-0.4, -0.2) is 67.0 Å². The number of aryl methyl sites for hydroxylation is 1. The molecule has 1 amide bonds. The molecule has 0 atom stereocenters. The molecule has 1 aliphatic heterocycles. The Morgan fingerprint density at radius 3 is 2.78 bits per heavy atom. The molecule has 0 bridgehead atoms. The molecule has 0 unspecified atom stereocenters. The van der Waals surface area contributed by atoms with Gasteiger partial charge in [0, 0.05) is 50.3 Å². The van der Waals surface area contributed by atoms with Gasteiger partial charge in [0.1, 0.15) is 0 Å². The zero-order valence-electron chi connectivity index (χ0n) is 11.0. The van der Waals surface area contributed by atoms with Gasteiger partial charge >= 0.3 is 0 Å². The number of amides is 1. The number of nitrogens with one attached hydrogen (secondary N) is 1. The number of likely N-dealkylation sites (N-methyl/N-ethyl adjacent to an activating group) is 1. The molecule has 1 N–H and O–H groups in total. The summed E-state index contributed by atoms with van der Waals surface area (Å²) < 4.78 is 0. The summed E-state index contributed by atoms with van der Waals surface area (Å²) in [4.78, 5) is 21.6. The molecule has 1 fully saturated rings. The van der Waals surface area contributed by atoms with Crippen molar-refractivity contribution in [3.63, 3.8) is 0 Å². The number of thiazole rings is 1. The summed E-state index contributed by atoms with van der Waals surface area (Å²) in [6.45, 7) is 7.97. The Morgan fingerprint density at radius 2 is 2.17 bits per heavy atom. The van der Waals surface area contributed by atoms with E-state index < -0.39 is 0 Å². The minimum atomic E-state index is -0.0535. The quantitative estimate of drug-likeness (QED) is 0.860. The maximum atomic E-state index is 11.8. The van der Waals surface area contributed by atoms with E-state index in [0.717, 1.165) is 37.6 Å². The van der Waals surface area contributed by atoms with Crippen molar-refractivity contribution >= 4 is 17.2 Å². The van der Waals surface area contributed by atoms with E-state index in [1.807, 2.05) is 6.92 Å². The van der Waals surface area contributed by atoms with Crippen LogP contribution in [0.1, 0.15) is 14.7 Å². The smallest absolute Gasteiger partial charge is 0.280 e. The number of piperazine rings is 1. The molecule has 2 heterocycles. The second-order valence-electron chi connectivity index (χ2n) is 4.68. The molecule has 5 nitrogen and oxygen atoms in total. The van der Waals surface area contributed by atoms with E-state index in [-0.39, 0.29) is 5.91 Å². The van der Waals surface area contributed by atoms with Crippen molar-refractivity contribution in [3.05, 3.63) is 16.1 Å². The van der Waals surface area contributed by atoms with Crippen LogP contribution in [0.5, 0.6) is 0 Å². The van der Waals surface area contributed by atoms with Crippen molar-refractivity contribution in [2.24, 2.45) is 0 Å². The molecule has 0 aliphatic carbocycles. The molecule has 1 aromatic rings. The minimum absolute atomic E-state index is 0.0535. The molecule has 6 heteroatoms. The van der Waals surface area contributed by atoms with E-state index >= 15 is 0 Å². The van der Waals surface area contributed by atoms with Crippen molar-refractivity contribution in [2.75, 3.05) is 46.3 Å². The first-order valence-electron chi connectivity index (χ1n) is 6.26. The predicted molar refractivity (Wildman–Crippen MR) is 73.1 cm³/mol. The van der Waals surface area contributed by atoms with Crippen LogP contribution in [0.4, 0.5) is 0 Å². The summed E-state index contributed by atoms with van der Waals surface area (Å²) in [5.41, 5.74) is 0. The van der Waals surface area contributed by atoms with Gasteiger partial charge in [-0.05, 0) is 14.0 Å². The normalized spacial score (nSPS) is 17.9. The molecule has 0 radical (unpaired) electrons. The van der Waals surface area contributed by atoms with Crippen LogP contribution in [0, 0.1) is 6.92 Å². The number of rotatable bonds is 4. The number of hydrogen-bond donors (Lipinski definition) is 1. The highest BCUT2D eigenvalue weighted by atomic mass is 32.1. The van der Waals surface area contributed by atoms with Crippen molar-refractivity contribution in [2.45, 2.75) is 6.92 Å². The van der Waals surface area contributed by atoms with Crippen LogP contribution in [0.15, 0.2) is 6.20 Å². The van der Waals surface area contributed by atoms with Gasteiger partial charge in [0.05, 0.1) is 0 Å². The van der Waals surface area contributed by atoms with E-state index in [1.165, 1.54) is 11.3 Å². The van der Waals surface area contributed by atoms with Gasteiger partial charge in [-0.2, -0.15) is 0 Å². The number of nitrogens with zero attached hydrogens (tertiary/aromatic N) is 3. The third-order valence-electron chi connectivity index (χ3n) is 3.12. The van der Waals surface area contributed by atoms with E-state index in [4.69, 9.17) is 0 Å². The Hall–Kier alpha value is -0.980. The Morgan fingerprint density at radius 1 is 1.44 bits per heavy atom. The number of aromatic nitrogens is 1. The van der Waals surface area contributed by atoms with Crippen LogP contribution in [0.3, 0.4) is 0 Å². The molecular formula is C12H20N4OS. The molecule has 1 saturated heterocycles. The summed E-state index contributed by atoms with van der Waals surface area (Å²) in [6, 6.07) is 0. The zero-order chi connectivity index (χ0) is 13.0. The van der Waals surface area contributed by atoms with Gasteiger partial charge in [-0.25, -0.2) is 4.98 Å². The lowest BCUT2D eigenvalue weighted by atomic mass is 10.3. The maximum absolute atomic E-state index is 11.8. The highest BCUT2D eigenvalue weighted by Crippen LogP contribution is 2.10.